The van der Waals surface area contributed by atoms with Crippen LogP contribution in [0.25, 0.3) is 0 Å². The van der Waals surface area contributed by atoms with Gasteiger partial charge in [0.2, 0.25) is 5.91 Å². The first kappa shape index (κ1) is 29.9. The molecule has 7 heteroatoms. The van der Waals surface area contributed by atoms with Gasteiger partial charge in [0.05, 0.1) is 0 Å². The summed E-state index contributed by atoms with van der Waals surface area (Å²) < 4.78 is 0. The van der Waals surface area contributed by atoms with E-state index in [1.807, 2.05) is 27.7 Å². The Morgan fingerprint density at radius 2 is 1.23 bits per heavy atom. The summed E-state index contributed by atoms with van der Waals surface area (Å²) >= 11 is 0. The molecule has 1 fully saturated rings. The van der Waals surface area contributed by atoms with Crippen molar-refractivity contribution in [3.8, 4) is 0 Å². The maximum Gasteiger partial charge on any atom is 2.00 e. The molecule has 0 spiro atoms. The van der Waals surface area contributed by atoms with Gasteiger partial charge in [-0.1, -0.05) is 41.5 Å². The molecule has 1 rings (SSSR count). The van der Waals surface area contributed by atoms with E-state index in [4.69, 9.17) is 5.73 Å². The van der Waals surface area contributed by atoms with E-state index >= 15 is 0 Å². The van der Waals surface area contributed by atoms with Crippen molar-refractivity contribution in [2.45, 2.75) is 80.1 Å². The number of amides is 1. The summed E-state index contributed by atoms with van der Waals surface area (Å²) in [5, 5.41) is 19.4. The zero-order valence-corrected chi connectivity index (χ0v) is 18.7. The minimum atomic E-state index is -0.963. The number of nitrogens with two attached hydrogens (primary N) is 1. The average molecular weight is 382 g/mol. The molecule has 2 N–H and O–H groups in total. The van der Waals surface area contributed by atoms with Crippen LogP contribution in [0.5, 0.6) is 0 Å². The third-order valence-electron chi connectivity index (χ3n) is 3.89. The van der Waals surface area contributed by atoms with Gasteiger partial charge in [0.25, 0.3) is 0 Å². The number of primary amides is 1. The number of hydrogen-bond donors (Lipinski definition) is 1. The van der Waals surface area contributed by atoms with Crippen molar-refractivity contribution in [1.29, 1.82) is 0 Å². The van der Waals surface area contributed by atoms with Crippen LogP contribution < -0.4 is 15.9 Å². The molecule has 0 aromatic rings. The van der Waals surface area contributed by atoms with Crippen molar-refractivity contribution < 1.29 is 24.6 Å². The van der Waals surface area contributed by atoms with Gasteiger partial charge in [-0.05, 0) is 55.8 Å². The number of carboxylic acid groups (broad SMARTS) is 2. The summed E-state index contributed by atoms with van der Waals surface area (Å²) in [6, 6.07) is 0. The Balaban J connectivity index is -0.000000314. The molecule has 148 valence electrons. The van der Waals surface area contributed by atoms with Crippen LogP contribution in [0.2, 0.25) is 0 Å². The number of aliphatic carboxylic acids is 2. The van der Waals surface area contributed by atoms with Crippen molar-refractivity contribution in [3.63, 3.8) is 0 Å². The van der Waals surface area contributed by atoms with Gasteiger partial charge in [-0.3, -0.25) is 4.79 Å². The SMILES string of the molecule is CC(C)CC(=O)[O-].CC(C)CC(=O)[O-].CC1(C)CCC(C(N)=O)CC1.[Mg+2]. The maximum atomic E-state index is 10.8. The molecule has 1 aliphatic rings. The van der Waals surface area contributed by atoms with Crippen molar-refractivity contribution >= 4 is 40.9 Å². The van der Waals surface area contributed by atoms with E-state index in [-0.39, 0.29) is 59.6 Å². The standard InChI is InChI=1S/C9H17NO.2C5H10O2.Mg/c1-9(2)5-3-7(4-6-9)8(10)11;2*1-4(2)3-5(6)7;/h7H,3-6H2,1-2H3,(H2,10,11);2*4H,3H2,1-2H3,(H,6,7);/q;;;+2/p-2. The minimum Gasteiger partial charge on any atom is -0.550 e. The molecule has 0 aromatic carbocycles. The number of hydrogen-bond acceptors (Lipinski definition) is 5. The van der Waals surface area contributed by atoms with Gasteiger partial charge in [0, 0.05) is 17.9 Å². The maximum absolute atomic E-state index is 10.8. The van der Waals surface area contributed by atoms with E-state index in [9.17, 15) is 24.6 Å². The molecule has 0 radical (unpaired) electrons. The second-order valence-electron chi connectivity index (χ2n) is 8.28. The smallest absolute Gasteiger partial charge is 0.550 e. The number of rotatable bonds is 5. The zero-order valence-electron chi connectivity index (χ0n) is 17.3. The van der Waals surface area contributed by atoms with Gasteiger partial charge in [-0.15, -0.1) is 0 Å². The first-order valence-electron chi connectivity index (χ1n) is 8.95. The molecule has 0 bridgehead atoms. The Labute approximate surface area is 174 Å². The number of carbonyl (C=O) groups is 3. The van der Waals surface area contributed by atoms with E-state index in [0.29, 0.717) is 5.41 Å². The Kier molecular flexibility index (Phi) is 17.6. The molecule has 0 aromatic heterocycles. The molecule has 0 heterocycles. The van der Waals surface area contributed by atoms with Gasteiger partial charge in [0.15, 0.2) is 0 Å². The van der Waals surface area contributed by atoms with E-state index in [2.05, 4.69) is 13.8 Å². The predicted octanol–water partition coefficient (Wildman–Crippen LogP) is 0.872. The summed E-state index contributed by atoms with van der Waals surface area (Å²) in [5.41, 5.74) is 5.65. The summed E-state index contributed by atoms with van der Waals surface area (Å²) in [6.45, 7) is 11.9. The third-order valence-corrected chi connectivity index (χ3v) is 3.89. The number of carboxylic acids is 2. The van der Waals surface area contributed by atoms with Crippen LogP contribution in [0.15, 0.2) is 0 Å². The first-order chi connectivity index (χ1) is 11.3. The Bertz CT molecular complexity index is 392. The van der Waals surface area contributed by atoms with Gasteiger partial charge in [0.1, 0.15) is 0 Å². The Morgan fingerprint density at radius 1 is 0.923 bits per heavy atom. The second-order valence-corrected chi connectivity index (χ2v) is 8.28. The van der Waals surface area contributed by atoms with Gasteiger partial charge >= 0.3 is 23.1 Å². The topological polar surface area (TPSA) is 123 Å². The fourth-order valence-electron chi connectivity index (χ4n) is 2.35. The molecule has 1 aliphatic carbocycles. The summed E-state index contributed by atoms with van der Waals surface area (Å²) in [7, 11) is 0. The van der Waals surface area contributed by atoms with Crippen LogP contribution >= 0.6 is 0 Å². The van der Waals surface area contributed by atoms with Crippen LogP contribution in [-0.2, 0) is 14.4 Å². The third kappa shape index (κ3) is 21.2. The van der Waals surface area contributed by atoms with Crippen LogP contribution in [0, 0.1) is 23.2 Å². The summed E-state index contributed by atoms with van der Waals surface area (Å²) in [4.78, 5) is 30.2. The zero-order chi connectivity index (χ0) is 20.2. The monoisotopic (exact) mass is 381 g/mol. The molecular weight excluding hydrogens is 347 g/mol. The van der Waals surface area contributed by atoms with Crippen molar-refractivity contribution in [3.05, 3.63) is 0 Å². The van der Waals surface area contributed by atoms with Gasteiger partial charge in [-0.25, -0.2) is 0 Å². The fraction of sp³-hybridized carbons (Fsp3) is 0.842. The molecule has 0 saturated heterocycles. The van der Waals surface area contributed by atoms with E-state index in [0.717, 1.165) is 25.7 Å². The van der Waals surface area contributed by atoms with Crippen LogP contribution in [0.3, 0.4) is 0 Å². The number of carbonyl (C=O) groups excluding carboxylic acids is 3. The normalized spacial score (nSPS) is 15.7. The van der Waals surface area contributed by atoms with E-state index < -0.39 is 11.9 Å². The van der Waals surface area contributed by atoms with Crippen LogP contribution in [0.4, 0.5) is 0 Å². The Hall–Kier alpha value is -0.824. The van der Waals surface area contributed by atoms with Crippen LogP contribution in [0.1, 0.15) is 80.1 Å². The summed E-state index contributed by atoms with van der Waals surface area (Å²) in [6.07, 6.45) is 4.59. The van der Waals surface area contributed by atoms with Crippen LogP contribution in [-0.4, -0.2) is 40.9 Å². The van der Waals surface area contributed by atoms with Crippen molar-refractivity contribution in [2.75, 3.05) is 0 Å². The first-order valence-corrected chi connectivity index (χ1v) is 8.95. The van der Waals surface area contributed by atoms with Gasteiger partial charge in [-0.2, -0.15) is 0 Å². The van der Waals surface area contributed by atoms with Gasteiger partial charge < -0.3 is 25.5 Å². The second kappa shape index (κ2) is 15.3. The largest absolute Gasteiger partial charge is 2.00 e. The molecular formula is C19H35MgNO5. The molecule has 6 nitrogen and oxygen atoms in total. The van der Waals surface area contributed by atoms with Crippen molar-refractivity contribution in [2.24, 2.45) is 28.9 Å². The van der Waals surface area contributed by atoms with E-state index in [1.54, 1.807) is 0 Å². The minimum absolute atomic E-state index is 0. The fourth-order valence-corrected chi connectivity index (χ4v) is 2.35. The molecule has 0 atom stereocenters. The molecule has 1 amide bonds. The van der Waals surface area contributed by atoms with E-state index in [1.165, 1.54) is 0 Å². The summed E-state index contributed by atoms with van der Waals surface area (Å²) in [5.74, 6) is -1.46. The molecule has 26 heavy (non-hydrogen) atoms. The molecule has 0 aliphatic heterocycles. The average Bonchev–Trinajstić information content (AvgIpc) is 2.35. The quantitative estimate of drug-likeness (QED) is 0.708. The molecule has 1 saturated carbocycles. The molecule has 0 unspecified atom stereocenters. The predicted molar refractivity (Wildman–Crippen MR) is 99.6 cm³/mol. The van der Waals surface area contributed by atoms with Crippen molar-refractivity contribution in [1.82, 2.24) is 0 Å². The Morgan fingerprint density at radius 3 is 1.38 bits per heavy atom.